The highest BCUT2D eigenvalue weighted by molar-refractivity contribution is 5.78. The fourth-order valence-electron chi connectivity index (χ4n) is 3.36. The van der Waals surface area contributed by atoms with E-state index in [9.17, 15) is 9.59 Å². The third-order valence-corrected chi connectivity index (χ3v) is 5.24. The van der Waals surface area contributed by atoms with Gasteiger partial charge < -0.3 is 25.0 Å². The Balaban J connectivity index is 1.30. The largest absolute Gasteiger partial charge is 0.497 e. The van der Waals surface area contributed by atoms with Crippen molar-refractivity contribution in [2.24, 2.45) is 5.92 Å². The van der Waals surface area contributed by atoms with Crippen LogP contribution in [0.15, 0.2) is 54.6 Å². The lowest BCUT2D eigenvalue weighted by Crippen LogP contribution is -2.44. The Morgan fingerprint density at radius 3 is 2.33 bits per heavy atom. The lowest BCUT2D eigenvalue weighted by atomic mass is 9.97. The summed E-state index contributed by atoms with van der Waals surface area (Å²) in [7, 11) is 1.62. The zero-order chi connectivity index (χ0) is 21.2. The molecule has 2 N–H and O–H groups in total. The summed E-state index contributed by atoms with van der Waals surface area (Å²) in [6, 6.07) is 16.8. The molecule has 3 amide bonds. The maximum absolute atomic E-state index is 12.3. The van der Waals surface area contributed by atoms with Crippen LogP contribution in [0.2, 0.25) is 0 Å². The number of ether oxygens (including phenoxy) is 2. The van der Waals surface area contributed by atoms with E-state index in [2.05, 4.69) is 10.6 Å². The fourth-order valence-corrected chi connectivity index (χ4v) is 3.36. The van der Waals surface area contributed by atoms with E-state index >= 15 is 0 Å². The number of methoxy groups -OCH3 is 1. The maximum Gasteiger partial charge on any atom is 0.315 e. The van der Waals surface area contributed by atoms with E-state index in [1.165, 1.54) is 0 Å². The summed E-state index contributed by atoms with van der Waals surface area (Å²) in [6.07, 6.45) is 1.74. The van der Waals surface area contributed by atoms with Crippen LogP contribution in [-0.4, -0.2) is 50.2 Å². The molecule has 0 unspecified atom stereocenters. The van der Waals surface area contributed by atoms with Gasteiger partial charge in [0.15, 0.2) is 6.61 Å². The molecule has 0 aliphatic carbocycles. The molecule has 0 bridgehead atoms. The highest BCUT2D eigenvalue weighted by Crippen LogP contribution is 2.17. The van der Waals surface area contributed by atoms with Crippen molar-refractivity contribution in [3.63, 3.8) is 0 Å². The van der Waals surface area contributed by atoms with Crippen LogP contribution in [0.3, 0.4) is 0 Å². The van der Waals surface area contributed by atoms with Gasteiger partial charge in [-0.05, 0) is 48.6 Å². The van der Waals surface area contributed by atoms with Gasteiger partial charge in [0.2, 0.25) is 0 Å². The van der Waals surface area contributed by atoms with Crippen LogP contribution in [0.4, 0.5) is 4.79 Å². The maximum atomic E-state index is 12.3. The van der Waals surface area contributed by atoms with Gasteiger partial charge in [0.25, 0.3) is 5.91 Å². The molecule has 160 valence electrons. The Labute approximate surface area is 177 Å². The molecular formula is C23H29N3O4. The average Bonchev–Trinajstić information content (AvgIpc) is 2.81. The van der Waals surface area contributed by atoms with Crippen molar-refractivity contribution < 1.29 is 19.1 Å². The summed E-state index contributed by atoms with van der Waals surface area (Å²) < 4.78 is 10.7. The smallest absolute Gasteiger partial charge is 0.315 e. The summed E-state index contributed by atoms with van der Waals surface area (Å²) in [4.78, 5) is 26.2. The van der Waals surface area contributed by atoms with E-state index in [-0.39, 0.29) is 18.5 Å². The number of hydrogen-bond acceptors (Lipinski definition) is 4. The quantitative estimate of drug-likeness (QED) is 0.700. The Hall–Kier alpha value is -3.22. The van der Waals surface area contributed by atoms with Crippen molar-refractivity contribution in [3.8, 4) is 11.5 Å². The highest BCUT2D eigenvalue weighted by atomic mass is 16.5. The van der Waals surface area contributed by atoms with E-state index in [1.54, 1.807) is 7.11 Å². The summed E-state index contributed by atoms with van der Waals surface area (Å²) in [5.74, 6) is 1.86. The highest BCUT2D eigenvalue weighted by Gasteiger charge is 2.23. The van der Waals surface area contributed by atoms with E-state index in [0.29, 0.717) is 37.8 Å². The van der Waals surface area contributed by atoms with Gasteiger partial charge in [0.05, 0.1) is 7.11 Å². The second kappa shape index (κ2) is 11.1. The third kappa shape index (κ3) is 6.69. The number of rotatable bonds is 8. The lowest BCUT2D eigenvalue weighted by molar-refractivity contribution is -0.134. The molecule has 0 spiro atoms. The summed E-state index contributed by atoms with van der Waals surface area (Å²) in [6.45, 7) is 2.51. The zero-order valence-electron chi connectivity index (χ0n) is 17.3. The Bertz CT molecular complexity index is 803. The number of carbonyl (C=O) groups is 2. The number of nitrogens with zero attached hydrogens (tertiary/aromatic N) is 1. The Kier molecular flexibility index (Phi) is 7.94. The van der Waals surface area contributed by atoms with Crippen molar-refractivity contribution in [1.82, 2.24) is 15.5 Å². The molecule has 0 radical (unpaired) electrons. The molecule has 7 heteroatoms. The molecule has 3 rings (SSSR count). The number of amides is 3. The minimum Gasteiger partial charge on any atom is -0.497 e. The SMILES string of the molecule is COc1ccc(CNC(=O)NCC2CCN(C(=O)COc3ccccc3)CC2)cc1. The van der Waals surface area contributed by atoms with E-state index in [0.717, 1.165) is 24.2 Å². The molecule has 1 fully saturated rings. The van der Waals surface area contributed by atoms with Gasteiger partial charge in [-0.15, -0.1) is 0 Å². The number of nitrogens with one attached hydrogen (secondary N) is 2. The second-order valence-corrected chi connectivity index (χ2v) is 7.34. The van der Waals surface area contributed by atoms with Gasteiger partial charge in [0, 0.05) is 26.2 Å². The lowest BCUT2D eigenvalue weighted by Gasteiger charge is -2.32. The predicted molar refractivity (Wildman–Crippen MR) is 114 cm³/mol. The zero-order valence-corrected chi connectivity index (χ0v) is 17.3. The van der Waals surface area contributed by atoms with Crippen LogP contribution in [0.1, 0.15) is 18.4 Å². The number of urea groups is 1. The van der Waals surface area contributed by atoms with Crippen molar-refractivity contribution in [1.29, 1.82) is 0 Å². The van der Waals surface area contributed by atoms with Crippen LogP contribution in [0, 0.1) is 5.92 Å². The Morgan fingerprint density at radius 2 is 1.67 bits per heavy atom. The van der Waals surface area contributed by atoms with Crippen molar-refractivity contribution in [3.05, 3.63) is 60.2 Å². The molecule has 30 heavy (non-hydrogen) atoms. The summed E-state index contributed by atoms with van der Waals surface area (Å²) in [5.41, 5.74) is 1.01. The fraction of sp³-hybridized carbons (Fsp3) is 0.391. The number of piperidine rings is 1. The molecule has 1 aliphatic heterocycles. The second-order valence-electron chi connectivity index (χ2n) is 7.34. The molecule has 0 atom stereocenters. The minimum atomic E-state index is -0.180. The van der Waals surface area contributed by atoms with Crippen LogP contribution in [-0.2, 0) is 11.3 Å². The third-order valence-electron chi connectivity index (χ3n) is 5.24. The van der Waals surface area contributed by atoms with Crippen LogP contribution < -0.4 is 20.1 Å². The average molecular weight is 412 g/mol. The predicted octanol–water partition coefficient (Wildman–Crippen LogP) is 2.81. The van der Waals surface area contributed by atoms with Gasteiger partial charge in [-0.1, -0.05) is 30.3 Å². The molecule has 0 saturated carbocycles. The number of para-hydroxylation sites is 1. The first-order valence-corrected chi connectivity index (χ1v) is 10.2. The van der Waals surface area contributed by atoms with Gasteiger partial charge >= 0.3 is 6.03 Å². The van der Waals surface area contributed by atoms with Crippen molar-refractivity contribution in [2.75, 3.05) is 33.4 Å². The molecule has 1 aliphatic rings. The van der Waals surface area contributed by atoms with Gasteiger partial charge in [-0.25, -0.2) is 4.79 Å². The van der Waals surface area contributed by atoms with Crippen LogP contribution >= 0.6 is 0 Å². The van der Waals surface area contributed by atoms with Crippen LogP contribution in [0.5, 0.6) is 11.5 Å². The Morgan fingerprint density at radius 1 is 0.967 bits per heavy atom. The number of benzene rings is 2. The van der Waals surface area contributed by atoms with Crippen LogP contribution in [0.25, 0.3) is 0 Å². The number of hydrogen-bond donors (Lipinski definition) is 2. The normalized spacial score (nSPS) is 14.1. The molecule has 0 aromatic heterocycles. The first-order chi connectivity index (χ1) is 14.6. The summed E-state index contributed by atoms with van der Waals surface area (Å²) in [5, 5.41) is 5.80. The monoisotopic (exact) mass is 411 g/mol. The number of likely N-dealkylation sites (tertiary alicyclic amines) is 1. The molecule has 2 aromatic rings. The molecular weight excluding hydrogens is 382 g/mol. The minimum absolute atomic E-state index is 0.00231. The van der Waals surface area contributed by atoms with Gasteiger partial charge in [-0.2, -0.15) is 0 Å². The summed E-state index contributed by atoms with van der Waals surface area (Å²) >= 11 is 0. The standard InChI is InChI=1S/C23H29N3O4/c1-29-20-9-7-18(8-10-20)15-24-23(28)25-16-19-11-13-26(14-12-19)22(27)17-30-21-5-3-2-4-6-21/h2-10,19H,11-17H2,1H3,(H2,24,25,28). The van der Waals surface area contributed by atoms with Crippen molar-refractivity contribution in [2.45, 2.75) is 19.4 Å². The molecule has 2 aromatic carbocycles. The molecule has 1 heterocycles. The number of carbonyl (C=O) groups excluding carboxylic acids is 2. The first-order valence-electron chi connectivity index (χ1n) is 10.2. The first kappa shape index (κ1) is 21.5. The molecule has 7 nitrogen and oxygen atoms in total. The van der Waals surface area contributed by atoms with E-state index in [4.69, 9.17) is 9.47 Å². The molecule has 1 saturated heterocycles. The van der Waals surface area contributed by atoms with E-state index in [1.807, 2.05) is 59.5 Å². The van der Waals surface area contributed by atoms with E-state index < -0.39 is 0 Å². The topological polar surface area (TPSA) is 79.9 Å². The van der Waals surface area contributed by atoms with Gasteiger partial charge in [0.1, 0.15) is 11.5 Å². The van der Waals surface area contributed by atoms with Crippen molar-refractivity contribution >= 4 is 11.9 Å². The van der Waals surface area contributed by atoms with Gasteiger partial charge in [-0.3, -0.25) is 4.79 Å².